The quantitative estimate of drug-likeness (QED) is 0.404. The summed E-state index contributed by atoms with van der Waals surface area (Å²) in [5, 5.41) is 0. The molecule has 0 bridgehead atoms. The first-order valence-corrected chi connectivity index (χ1v) is 15.0. The second-order valence-corrected chi connectivity index (χ2v) is 15.2. The fourth-order valence-electron chi connectivity index (χ4n) is 11.4. The minimum Gasteiger partial charge on any atom is -0.338 e. The average Bonchev–Trinajstić information content (AvgIpc) is 3.45. The molecule has 3 nitrogen and oxygen atoms in total. The summed E-state index contributed by atoms with van der Waals surface area (Å²) in [6, 6.07) is 10.8. The molecule has 5 aliphatic rings. The Balaban J connectivity index is 1.31. The number of carbonyl (C=O) groups is 1. The number of carbonyl (C=O) groups excluding carboxylic acids is 1. The molecule has 3 heteroatoms. The molecule has 4 fully saturated rings. The van der Waals surface area contributed by atoms with Crippen molar-refractivity contribution in [2.45, 2.75) is 91.6 Å². The number of rotatable bonds is 4. The minimum absolute atomic E-state index is 0.0711. The van der Waals surface area contributed by atoms with Crippen LogP contribution in [0, 0.1) is 44.8 Å². The van der Waals surface area contributed by atoms with Crippen LogP contribution in [0.3, 0.4) is 0 Å². The summed E-state index contributed by atoms with van der Waals surface area (Å²) in [5.74, 6) is 2.23. The number of nitrogens with zero attached hydrogens (tertiary/aromatic N) is 2. The molecular weight excluding hydrogens is 452 g/mol. The highest BCUT2D eigenvalue weighted by Gasteiger charge is 2.81. The van der Waals surface area contributed by atoms with Crippen LogP contribution in [0.25, 0.3) is 0 Å². The second-order valence-electron chi connectivity index (χ2n) is 15.2. The first kappa shape index (κ1) is 25.7. The predicted octanol–water partition coefficient (Wildman–Crippen LogP) is 7.29. The molecule has 1 aromatic carbocycles. The standard InChI is InChI=1S/C34H50N2O/c1-23(35(6)7)25-16-18-32(5)27-15-14-26-30(2,3)28(36(8)29(37)24-12-10-9-11-13-24)17-19-33(26)22-34(27,33)21-20-31(25,32)4/h9-15,23,25-28H,16-22H2,1-8H3/t23-,25+,26-,27-,28+,31-,32+,33+,34-/m0/s1. The van der Waals surface area contributed by atoms with Crippen molar-refractivity contribution in [2.24, 2.45) is 44.8 Å². The number of benzene rings is 1. The molecule has 5 aliphatic carbocycles. The largest absolute Gasteiger partial charge is 0.338 e. The van der Waals surface area contributed by atoms with Gasteiger partial charge in [0, 0.05) is 24.7 Å². The van der Waals surface area contributed by atoms with E-state index in [1.807, 2.05) is 30.3 Å². The van der Waals surface area contributed by atoms with E-state index in [4.69, 9.17) is 0 Å². The van der Waals surface area contributed by atoms with Crippen molar-refractivity contribution in [3.63, 3.8) is 0 Å². The van der Waals surface area contributed by atoms with E-state index in [1.54, 1.807) is 0 Å². The van der Waals surface area contributed by atoms with Crippen molar-refractivity contribution in [2.75, 3.05) is 21.1 Å². The van der Waals surface area contributed by atoms with Crippen LogP contribution in [0.1, 0.15) is 89.9 Å². The summed E-state index contributed by atoms with van der Waals surface area (Å²) in [5.41, 5.74) is 2.63. The Morgan fingerprint density at radius 1 is 0.838 bits per heavy atom. The van der Waals surface area contributed by atoms with Crippen LogP contribution >= 0.6 is 0 Å². The van der Waals surface area contributed by atoms with Crippen molar-refractivity contribution in [1.82, 2.24) is 9.80 Å². The fraction of sp³-hybridized carbons (Fsp3) is 0.735. The van der Waals surface area contributed by atoms with E-state index in [0.717, 1.165) is 17.9 Å². The van der Waals surface area contributed by atoms with Crippen molar-refractivity contribution in [3.05, 3.63) is 48.0 Å². The number of fused-ring (bicyclic) bond motifs is 2. The van der Waals surface area contributed by atoms with Crippen LogP contribution < -0.4 is 0 Å². The zero-order chi connectivity index (χ0) is 26.6. The van der Waals surface area contributed by atoms with Gasteiger partial charge in [-0.2, -0.15) is 0 Å². The molecule has 0 unspecified atom stereocenters. The zero-order valence-corrected chi connectivity index (χ0v) is 24.7. The Hall–Kier alpha value is -1.61. The van der Waals surface area contributed by atoms with Gasteiger partial charge in [0.25, 0.3) is 5.91 Å². The summed E-state index contributed by atoms with van der Waals surface area (Å²) in [4.78, 5) is 18.0. The van der Waals surface area contributed by atoms with Gasteiger partial charge in [0.2, 0.25) is 0 Å². The lowest BCUT2D eigenvalue weighted by Gasteiger charge is -2.62. The van der Waals surface area contributed by atoms with Crippen molar-refractivity contribution < 1.29 is 4.79 Å². The predicted molar refractivity (Wildman–Crippen MR) is 152 cm³/mol. The number of allylic oxidation sites excluding steroid dienone is 2. The summed E-state index contributed by atoms with van der Waals surface area (Å²) in [6.07, 6.45) is 14.8. The van der Waals surface area contributed by atoms with Crippen LogP contribution in [0.5, 0.6) is 0 Å². The van der Waals surface area contributed by atoms with Crippen LogP contribution in [-0.2, 0) is 0 Å². The lowest BCUT2D eigenvalue weighted by Crippen LogP contribution is -2.59. The molecule has 0 N–H and O–H groups in total. The third-order valence-corrected chi connectivity index (χ3v) is 13.8. The van der Waals surface area contributed by atoms with Gasteiger partial charge >= 0.3 is 0 Å². The number of amides is 1. The van der Waals surface area contributed by atoms with Gasteiger partial charge < -0.3 is 9.80 Å². The van der Waals surface area contributed by atoms with Gasteiger partial charge in [-0.05, 0) is 123 Å². The lowest BCUT2D eigenvalue weighted by molar-refractivity contribution is -0.107. The van der Waals surface area contributed by atoms with Crippen LogP contribution in [0.2, 0.25) is 0 Å². The molecule has 9 atom stereocenters. The highest BCUT2D eigenvalue weighted by Crippen LogP contribution is 2.87. The van der Waals surface area contributed by atoms with Crippen molar-refractivity contribution in [3.8, 4) is 0 Å². The van der Waals surface area contributed by atoms with E-state index in [2.05, 4.69) is 77.7 Å². The summed E-state index contributed by atoms with van der Waals surface area (Å²) < 4.78 is 0. The SMILES string of the molecule is C[C@@H]([C@H]1CC[C@]2(C)[C@@H]3C=C[C@H]4C(C)(C)[C@H](N(C)C(=O)c5ccccc5)CC[C@@]45C[C@@]35CC[C@@]12C)N(C)C. The van der Waals surface area contributed by atoms with E-state index >= 15 is 0 Å². The van der Waals surface area contributed by atoms with Gasteiger partial charge in [-0.25, -0.2) is 0 Å². The molecule has 0 radical (unpaired) electrons. The van der Waals surface area contributed by atoms with E-state index in [-0.39, 0.29) is 17.4 Å². The van der Waals surface area contributed by atoms with E-state index in [9.17, 15) is 4.79 Å². The maximum absolute atomic E-state index is 13.4. The minimum atomic E-state index is 0.0711. The topological polar surface area (TPSA) is 23.6 Å². The average molecular weight is 503 g/mol. The third kappa shape index (κ3) is 3.07. The Kier molecular flexibility index (Phi) is 5.52. The summed E-state index contributed by atoms with van der Waals surface area (Å²) in [7, 11) is 6.60. The second kappa shape index (κ2) is 7.96. The highest BCUT2D eigenvalue weighted by atomic mass is 16.2. The summed E-state index contributed by atoms with van der Waals surface area (Å²) in [6.45, 7) is 12.7. The molecule has 2 spiro atoms. The molecule has 1 aromatic rings. The van der Waals surface area contributed by atoms with Gasteiger partial charge in [0.05, 0.1) is 0 Å². The number of hydrogen-bond acceptors (Lipinski definition) is 2. The molecule has 0 heterocycles. The first-order valence-electron chi connectivity index (χ1n) is 15.0. The molecule has 0 saturated heterocycles. The maximum atomic E-state index is 13.4. The van der Waals surface area contributed by atoms with Gasteiger partial charge in [-0.3, -0.25) is 4.79 Å². The Morgan fingerprint density at radius 3 is 2.16 bits per heavy atom. The van der Waals surface area contributed by atoms with E-state index in [0.29, 0.717) is 39.5 Å². The monoisotopic (exact) mass is 502 g/mol. The Labute approximate surface area is 226 Å². The molecule has 0 aromatic heterocycles. The van der Waals surface area contributed by atoms with Gasteiger partial charge in [0.1, 0.15) is 0 Å². The van der Waals surface area contributed by atoms with E-state index in [1.165, 1.54) is 38.5 Å². The maximum Gasteiger partial charge on any atom is 0.253 e. The van der Waals surface area contributed by atoms with Gasteiger partial charge in [-0.1, -0.05) is 58.0 Å². The Morgan fingerprint density at radius 2 is 1.49 bits per heavy atom. The van der Waals surface area contributed by atoms with Crippen LogP contribution in [0.15, 0.2) is 42.5 Å². The van der Waals surface area contributed by atoms with Gasteiger partial charge in [0.15, 0.2) is 0 Å². The zero-order valence-electron chi connectivity index (χ0n) is 24.7. The third-order valence-electron chi connectivity index (χ3n) is 13.8. The smallest absolute Gasteiger partial charge is 0.253 e. The molecule has 0 aliphatic heterocycles. The van der Waals surface area contributed by atoms with Gasteiger partial charge in [-0.15, -0.1) is 0 Å². The van der Waals surface area contributed by atoms with Crippen LogP contribution in [-0.4, -0.2) is 48.9 Å². The fourth-order valence-corrected chi connectivity index (χ4v) is 11.4. The summed E-state index contributed by atoms with van der Waals surface area (Å²) >= 11 is 0. The highest BCUT2D eigenvalue weighted by molar-refractivity contribution is 5.94. The Bertz CT molecular complexity index is 1110. The molecule has 37 heavy (non-hydrogen) atoms. The molecule has 4 saturated carbocycles. The van der Waals surface area contributed by atoms with Crippen LogP contribution in [0.4, 0.5) is 0 Å². The molecular formula is C34H50N2O. The molecule has 202 valence electrons. The van der Waals surface area contributed by atoms with Crippen molar-refractivity contribution >= 4 is 5.91 Å². The van der Waals surface area contributed by atoms with Crippen molar-refractivity contribution in [1.29, 1.82) is 0 Å². The lowest BCUT2D eigenvalue weighted by atomic mass is 9.43. The first-order chi connectivity index (χ1) is 17.4. The molecule has 6 rings (SSSR count). The number of hydrogen-bond donors (Lipinski definition) is 0. The van der Waals surface area contributed by atoms with E-state index < -0.39 is 0 Å². The molecule has 1 amide bonds. The normalized spacial score (nSPS) is 45.9.